The lowest BCUT2D eigenvalue weighted by molar-refractivity contribution is -0.144. The second-order valence-electron chi connectivity index (χ2n) is 7.40. The van der Waals surface area contributed by atoms with Gasteiger partial charge in [0.25, 0.3) is 0 Å². The van der Waals surface area contributed by atoms with E-state index < -0.39 is 0 Å². The third kappa shape index (κ3) is 2.85. The molecule has 3 unspecified atom stereocenters. The molecule has 0 aromatic heterocycles. The van der Waals surface area contributed by atoms with Gasteiger partial charge in [0.1, 0.15) is 0 Å². The van der Waals surface area contributed by atoms with Gasteiger partial charge in [0.2, 0.25) is 5.91 Å². The molecule has 0 spiro atoms. The number of rotatable bonds is 3. The molecule has 4 heteroatoms. The van der Waals surface area contributed by atoms with Crippen LogP contribution in [0.2, 0.25) is 0 Å². The Kier molecular flexibility index (Phi) is 4.55. The molecule has 120 valence electrons. The molecule has 3 aliphatic rings. The highest BCUT2D eigenvalue weighted by Crippen LogP contribution is 2.36. The van der Waals surface area contributed by atoms with Crippen LogP contribution in [-0.2, 0) is 4.79 Å². The first-order valence-corrected chi connectivity index (χ1v) is 8.88. The van der Waals surface area contributed by atoms with E-state index in [0.717, 1.165) is 58.3 Å². The maximum atomic E-state index is 13.3. The first kappa shape index (κ1) is 15.3. The fourth-order valence-corrected chi connectivity index (χ4v) is 4.78. The minimum Gasteiger partial charge on any atom is -0.341 e. The SMILES string of the molecule is CCCC1(C(=O)N2CCC3CCC(C2)N3C)CCCNC1. The van der Waals surface area contributed by atoms with Crippen LogP contribution in [-0.4, -0.2) is 61.0 Å². The number of carbonyl (C=O) groups excluding carboxylic acids is 1. The van der Waals surface area contributed by atoms with Gasteiger partial charge in [-0.2, -0.15) is 0 Å². The van der Waals surface area contributed by atoms with Crippen molar-refractivity contribution in [1.29, 1.82) is 0 Å². The van der Waals surface area contributed by atoms with E-state index in [2.05, 4.69) is 29.1 Å². The molecule has 1 N–H and O–H groups in total. The number of nitrogens with zero attached hydrogens (tertiary/aromatic N) is 2. The summed E-state index contributed by atoms with van der Waals surface area (Å²) in [5.74, 6) is 0.442. The fraction of sp³-hybridized carbons (Fsp3) is 0.941. The lowest BCUT2D eigenvalue weighted by Crippen LogP contribution is -2.53. The maximum absolute atomic E-state index is 13.3. The Hall–Kier alpha value is -0.610. The maximum Gasteiger partial charge on any atom is 0.230 e. The molecule has 3 saturated heterocycles. The molecular formula is C17H31N3O. The van der Waals surface area contributed by atoms with Crippen LogP contribution in [0.4, 0.5) is 0 Å². The molecule has 3 fully saturated rings. The van der Waals surface area contributed by atoms with Crippen molar-refractivity contribution < 1.29 is 4.79 Å². The van der Waals surface area contributed by atoms with Gasteiger partial charge in [-0.05, 0) is 52.1 Å². The summed E-state index contributed by atoms with van der Waals surface area (Å²) >= 11 is 0. The smallest absolute Gasteiger partial charge is 0.230 e. The Morgan fingerprint density at radius 1 is 1.29 bits per heavy atom. The number of piperidine rings is 1. The Balaban J connectivity index is 1.73. The summed E-state index contributed by atoms with van der Waals surface area (Å²) in [4.78, 5) is 18.0. The average Bonchev–Trinajstić information content (AvgIpc) is 2.73. The molecule has 21 heavy (non-hydrogen) atoms. The fourth-order valence-electron chi connectivity index (χ4n) is 4.78. The van der Waals surface area contributed by atoms with Gasteiger partial charge in [-0.25, -0.2) is 0 Å². The standard InChI is InChI=1S/C17H31N3O/c1-3-8-17(9-4-10-18-13-17)16(21)20-11-7-14-5-6-15(12-20)19(14)2/h14-15,18H,3-13H2,1-2H3. The van der Waals surface area contributed by atoms with Crippen molar-refractivity contribution in [2.45, 2.75) is 64.0 Å². The second-order valence-corrected chi connectivity index (χ2v) is 7.40. The first-order chi connectivity index (χ1) is 10.2. The molecule has 3 heterocycles. The molecule has 0 radical (unpaired) electrons. The van der Waals surface area contributed by atoms with Gasteiger partial charge in [-0.1, -0.05) is 13.3 Å². The third-order valence-corrected chi connectivity index (χ3v) is 6.09. The van der Waals surface area contributed by atoms with Gasteiger partial charge in [0.05, 0.1) is 5.41 Å². The molecule has 0 aromatic carbocycles. The highest BCUT2D eigenvalue weighted by Gasteiger charge is 2.44. The van der Waals surface area contributed by atoms with E-state index in [1.165, 1.54) is 12.8 Å². The molecule has 3 rings (SSSR count). The van der Waals surface area contributed by atoms with Crippen LogP contribution in [0.1, 0.15) is 51.9 Å². The second kappa shape index (κ2) is 6.25. The topological polar surface area (TPSA) is 35.6 Å². The Morgan fingerprint density at radius 2 is 2.10 bits per heavy atom. The molecular weight excluding hydrogens is 262 g/mol. The van der Waals surface area contributed by atoms with E-state index in [4.69, 9.17) is 0 Å². The predicted molar refractivity (Wildman–Crippen MR) is 85.2 cm³/mol. The lowest BCUT2D eigenvalue weighted by Gasteiger charge is -2.40. The normalized spacial score (nSPS) is 37.5. The van der Waals surface area contributed by atoms with Gasteiger partial charge in [0, 0.05) is 31.7 Å². The van der Waals surface area contributed by atoms with E-state index in [1.54, 1.807) is 0 Å². The highest BCUT2D eigenvalue weighted by molar-refractivity contribution is 5.83. The van der Waals surface area contributed by atoms with Crippen LogP contribution < -0.4 is 5.32 Å². The number of fused-ring (bicyclic) bond motifs is 2. The van der Waals surface area contributed by atoms with Crippen molar-refractivity contribution in [3.8, 4) is 0 Å². The van der Waals surface area contributed by atoms with Crippen molar-refractivity contribution >= 4 is 5.91 Å². The minimum absolute atomic E-state index is 0.116. The van der Waals surface area contributed by atoms with Crippen molar-refractivity contribution in [2.24, 2.45) is 5.41 Å². The quantitative estimate of drug-likeness (QED) is 0.862. The summed E-state index contributed by atoms with van der Waals surface area (Å²) in [6.45, 7) is 6.10. The monoisotopic (exact) mass is 293 g/mol. The summed E-state index contributed by atoms with van der Waals surface area (Å²) in [5, 5.41) is 3.48. The van der Waals surface area contributed by atoms with E-state index in [-0.39, 0.29) is 5.41 Å². The van der Waals surface area contributed by atoms with Gasteiger partial charge in [-0.3, -0.25) is 9.69 Å². The number of carbonyl (C=O) groups is 1. The molecule has 0 aliphatic carbocycles. The summed E-state index contributed by atoms with van der Waals surface area (Å²) in [6, 6.07) is 1.30. The molecule has 1 amide bonds. The van der Waals surface area contributed by atoms with Crippen LogP contribution in [0.15, 0.2) is 0 Å². The molecule has 0 saturated carbocycles. The van der Waals surface area contributed by atoms with E-state index >= 15 is 0 Å². The van der Waals surface area contributed by atoms with Gasteiger partial charge in [0.15, 0.2) is 0 Å². The van der Waals surface area contributed by atoms with Crippen LogP contribution in [0.3, 0.4) is 0 Å². The molecule has 2 bridgehead atoms. The number of amides is 1. The Bertz CT molecular complexity index is 373. The number of hydrogen-bond donors (Lipinski definition) is 1. The minimum atomic E-state index is -0.116. The van der Waals surface area contributed by atoms with Gasteiger partial charge in [-0.15, -0.1) is 0 Å². The zero-order chi connectivity index (χ0) is 14.9. The lowest BCUT2D eigenvalue weighted by atomic mass is 9.75. The molecule has 3 aliphatic heterocycles. The summed E-state index contributed by atoms with van der Waals surface area (Å²) in [7, 11) is 2.25. The number of likely N-dealkylation sites (N-methyl/N-ethyl adjacent to an activating group) is 1. The Morgan fingerprint density at radius 3 is 2.81 bits per heavy atom. The van der Waals surface area contributed by atoms with Gasteiger partial charge >= 0.3 is 0 Å². The number of hydrogen-bond acceptors (Lipinski definition) is 3. The van der Waals surface area contributed by atoms with Gasteiger partial charge < -0.3 is 10.2 Å². The zero-order valence-electron chi connectivity index (χ0n) is 13.7. The Labute approximate surface area is 129 Å². The van der Waals surface area contributed by atoms with E-state index in [9.17, 15) is 4.79 Å². The highest BCUT2D eigenvalue weighted by atomic mass is 16.2. The van der Waals surface area contributed by atoms with Crippen LogP contribution in [0.25, 0.3) is 0 Å². The van der Waals surface area contributed by atoms with Crippen molar-refractivity contribution in [1.82, 2.24) is 15.1 Å². The summed E-state index contributed by atoms with van der Waals surface area (Å²) < 4.78 is 0. The molecule has 0 aromatic rings. The van der Waals surface area contributed by atoms with Crippen molar-refractivity contribution in [3.63, 3.8) is 0 Å². The van der Waals surface area contributed by atoms with Crippen LogP contribution >= 0.6 is 0 Å². The van der Waals surface area contributed by atoms with E-state index in [1.807, 2.05) is 0 Å². The van der Waals surface area contributed by atoms with Crippen molar-refractivity contribution in [3.05, 3.63) is 0 Å². The molecule has 4 nitrogen and oxygen atoms in total. The van der Waals surface area contributed by atoms with Crippen LogP contribution in [0.5, 0.6) is 0 Å². The summed E-state index contributed by atoms with van der Waals surface area (Å²) in [6.07, 6.45) is 8.12. The zero-order valence-corrected chi connectivity index (χ0v) is 13.7. The first-order valence-electron chi connectivity index (χ1n) is 8.88. The number of likely N-dealkylation sites (tertiary alicyclic amines) is 1. The van der Waals surface area contributed by atoms with Crippen LogP contribution in [0, 0.1) is 5.41 Å². The van der Waals surface area contributed by atoms with E-state index in [0.29, 0.717) is 18.0 Å². The third-order valence-electron chi connectivity index (χ3n) is 6.09. The average molecular weight is 293 g/mol. The largest absolute Gasteiger partial charge is 0.341 e. The summed E-state index contributed by atoms with van der Waals surface area (Å²) in [5.41, 5.74) is -0.116. The molecule has 3 atom stereocenters. The number of nitrogens with one attached hydrogen (secondary N) is 1. The van der Waals surface area contributed by atoms with Crippen molar-refractivity contribution in [2.75, 3.05) is 33.2 Å². The predicted octanol–water partition coefficient (Wildman–Crippen LogP) is 1.85.